The molecule has 0 aromatic heterocycles. The van der Waals surface area contributed by atoms with Gasteiger partial charge in [0.15, 0.2) is 5.78 Å². The van der Waals surface area contributed by atoms with Gasteiger partial charge in [0.05, 0.1) is 0 Å². The van der Waals surface area contributed by atoms with Crippen molar-refractivity contribution in [1.82, 2.24) is 0 Å². The Hall–Kier alpha value is -2.50. The first-order valence-corrected chi connectivity index (χ1v) is 11.9. The highest BCUT2D eigenvalue weighted by Gasteiger charge is 2.47. The Balaban J connectivity index is 1.97. The lowest BCUT2D eigenvalue weighted by Crippen LogP contribution is -2.27. The second-order valence-electron chi connectivity index (χ2n) is 7.96. The maximum absolute atomic E-state index is 13.0. The van der Waals surface area contributed by atoms with Crippen molar-refractivity contribution in [1.29, 1.82) is 0 Å². The van der Waals surface area contributed by atoms with Gasteiger partial charge in [0, 0.05) is 11.3 Å². The zero-order valence-corrected chi connectivity index (χ0v) is 18.0. The Kier molecular flexibility index (Phi) is 5.79. The summed E-state index contributed by atoms with van der Waals surface area (Å²) in [6, 6.07) is 32.3. The van der Waals surface area contributed by atoms with Gasteiger partial charge in [-0.25, -0.2) is 0 Å². The molecule has 0 N–H and O–H groups in total. The smallest absolute Gasteiger partial charge is 0.158 e. The lowest BCUT2D eigenvalue weighted by molar-refractivity contribution is -0.117. The van der Waals surface area contributed by atoms with E-state index in [9.17, 15) is 4.79 Å². The van der Waals surface area contributed by atoms with Crippen molar-refractivity contribution in [2.75, 3.05) is 6.16 Å². The van der Waals surface area contributed by atoms with Crippen molar-refractivity contribution in [2.45, 2.75) is 25.7 Å². The van der Waals surface area contributed by atoms with Crippen molar-refractivity contribution in [2.24, 2.45) is 5.92 Å². The van der Waals surface area contributed by atoms with Crippen LogP contribution in [0.5, 0.6) is 0 Å². The Morgan fingerprint density at radius 3 is 1.79 bits per heavy atom. The fourth-order valence-electron chi connectivity index (χ4n) is 4.33. The second kappa shape index (κ2) is 8.47. The lowest BCUT2D eigenvalue weighted by atomic mass is 9.72. The van der Waals surface area contributed by atoms with Crippen LogP contribution in [-0.4, -0.2) is 11.9 Å². The molecule has 4 rings (SSSR count). The summed E-state index contributed by atoms with van der Waals surface area (Å²) in [7, 11) is -0.556. The van der Waals surface area contributed by atoms with Crippen molar-refractivity contribution < 1.29 is 4.79 Å². The fourth-order valence-corrected chi connectivity index (χ4v) is 7.32. The average molecular weight is 398 g/mol. The highest BCUT2D eigenvalue weighted by Crippen LogP contribution is 2.64. The molecule has 0 aliphatic carbocycles. The van der Waals surface area contributed by atoms with Crippen LogP contribution >= 0.6 is 7.92 Å². The van der Waals surface area contributed by atoms with E-state index < -0.39 is 7.92 Å². The number of allylic oxidation sites excluding steroid dienone is 2. The number of hydrogen-bond acceptors (Lipinski definition) is 1. The molecule has 1 unspecified atom stereocenters. The molecule has 0 bridgehead atoms. The monoisotopic (exact) mass is 398 g/mol. The van der Waals surface area contributed by atoms with E-state index in [0.717, 1.165) is 12.6 Å². The van der Waals surface area contributed by atoms with Crippen LogP contribution < -0.4 is 5.30 Å². The van der Waals surface area contributed by atoms with Crippen molar-refractivity contribution in [3.05, 3.63) is 114 Å². The molecule has 0 saturated carbocycles. The van der Waals surface area contributed by atoms with Gasteiger partial charge in [-0.3, -0.25) is 4.79 Å². The van der Waals surface area contributed by atoms with E-state index in [1.165, 1.54) is 21.7 Å². The molecule has 1 atom stereocenters. The molecule has 0 radical (unpaired) electrons. The van der Waals surface area contributed by atoms with Crippen LogP contribution in [0.15, 0.2) is 102 Å². The van der Waals surface area contributed by atoms with E-state index in [1.807, 2.05) is 19.9 Å². The van der Waals surface area contributed by atoms with Gasteiger partial charge in [-0.1, -0.05) is 105 Å². The van der Waals surface area contributed by atoms with Crippen LogP contribution in [0.4, 0.5) is 0 Å². The summed E-state index contributed by atoms with van der Waals surface area (Å²) in [6.07, 6.45) is 4.12. The maximum Gasteiger partial charge on any atom is 0.158 e. The summed E-state index contributed by atoms with van der Waals surface area (Å²) in [5.41, 5.74) is 2.33. The zero-order valence-electron chi connectivity index (χ0n) is 17.1. The molecule has 1 nitrogen and oxygen atoms in total. The molecule has 1 fully saturated rings. The topological polar surface area (TPSA) is 17.1 Å². The van der Waals surface area contributed by atoms with Crippen LogP contribution in [0.2, 0.25) is 0 Å². The van der Waals surface area contributed by atoms with Gasteiger partial charge in [-0.15, -0.1) is 0 Å². The number of rotatable bonds is 5. The Morgan fingerprint density at radius 1 is 0.828 bits per heavy atom. The van der Waals surface area contributed by atoms with Crippen LogP contribution in [0.25, 0.3) is 0 Å². The minimum absolute atomic E-state index is 0.0000277. The third-order valence-electron chi connectivity index (χ3n) is 5.89. The fraction of sp³-hybridized carbons (Fsp3) is 0.222. The average Bonchev–Trinajstić information content (AvgIpc) is 3.15. The predicted octanol–water partition coefficient (Wildman–Crippen LogP) is 6.29. The van der Waals surface area contributed by atoms with E-state index in [0.29, 0.717) is 0 Å². The molecule has 1 aliphatic heterocycles. The van der Waals surface area contributed by atoms with E-state index in [-0.39, 0.29) is 17.1 Å². The van der Waals surface area contributed by atoms with Crippen LogP contribution in [0, 0.1) is 5.92 Å². The molecule has 0 spiro atoms. The second-order valence-corrected chi connectivity index (χ2v) is 10.3. The van der Waals surface area contributed by atoms with Gasteiger partial charge in [0.25, 0.3) is 0 Å². The summed E-state index contributed by atoms with van der Waals surface area (Å²) in [4.78, 5) is 13.0. The first-order valence-electron chi connectivity index (χ1n) is 10.3. The summed E-state index contributed by atoms with van der Waals surface area (Å²) < 4.78 is 0. The van der Waals surface area contributed by atoms with Crippen LogP contribution in [0.1, 0.15) is 31.4 Å². The summed E-state index contributed by atoms with van der Waals surface area (Å²) in [6.45, 7) is 3.98. The standard InChI is InChI=1S/C27H27OP/c1-21(2)25(28)20-26-27(22-12-6-3-7-13-22,23-14-8-4-9-15-23)18-19-29(26)24-16-10-5-11-17-24/h3-17,20-21H,18-19H2,1-2H3/b26-20+. The molecular weight excluding hydrogens is 371 g/mol. The maximum atomic E-state index is 13.0. The highest BCUT2D eigenvalue weighted by molar-refractivity contribution is 7.70. The molecule has 1 aliphatic rings. The van der Waals surface area contributed by atoms with Crippen molar-refractivity contribution >= 4 is 19.0 Å². The molecule has 29 heavy (non-hydrogen) atoms. The summed E-state index contributed by atoms with van der Waals surface area (Å²) >= 11 is 0. The van der Waals surface area contributed by atoms with Gasteiger partial charge in [0.1, 0.15) is 0 Å². The molecule has 1 saturated heterocycles. The first-order chi connectivity index (χ1) is 14.1. The third-order valence-corrected chi connectivity index (χ3v) is 8.57. The number of carbonyl (C=O) groups is 1. The van der Waals surface area contributed by atoms with Gasteiger partial charge in [0.2, 0.25) is 0 Å². The summed E-state index contributed by atoms with van der Waals surface area (Å²) in [5.74, 6) is 0.224. The van der Waals surface area contributed by atoms with Gasteiger partial charge in [-0.2, -0.15) is 0 Å². The lowest BCUT2D eigenvalue weighted by Gasteiger charge is -2.34. The number of benzene rings is 3. The molecule has 146 valence electrons. The highest BCUT2D eigenvalue weighted by atomic mass is 31.1. The third kappa shape index (κ3) is 3.72. The van der Waals surface area contributed by atoms with Crippen LogP contribution in [0.3, 0.4) is 0 Å². The number of ketones is 1. The van der Waals surface area contributed by atoms with Crippen molar-refractivity contribution in [3.8, 4) is 0 Å². The zero-order chi connectivity index (χ0) is 20.3. The Morgan fingerprint density at radius 2 is 1.31 bits per heavy atom. The summed E-state index contributed by atoms with van der Waals surface area (Å²) in [5, 5.41) is 2.66. The molecule has 3 aromatic rings. The Labute approximate surface area is 175 Å². The van der Waals surface area contributed by atoms with Crippen LogP contribution in [-0.2, 0) is 10.2 Å². The number of hydrogen-bond donors (Lipinski definition) is 0. The van der Waals surface area contributed by atoms with Gasteiger partial charge >= 0.3 is 0 Å². The minimum atomic E-state index is -0.556. The van der Waals surface area contributed by atoms with E-state index in [1.54, 1.807) is 0 Å². The molecule has 3 aromatic carbocycles. The first kappa shape index (κ1) is 19.8. The van der Waals surface area contributed by atoms with E-state index >= 15 is 0 Å². The Bertz CT molecular complexity index is 951. The van der Waals surface area contributed by atoms with E-state index in [4.69, 9.17) is 0 Å². The van der Waals surface area contributed by atoms with Crippen molar-refractivity contribution in [3.63, 3.8) is 0 Å². The molecule has 0 amide bonds. The number of carbonyl (C=O) groups excluding carboxylic acids is 1. The predicted molar refractivity (Wildman–Crippen MR) is 124 cm³/mol. The minimum Gasteiger partial charge on any atom is -0.295 e. The molecule has 2 heteroatoms. The van der Waals surface area contributed by atoms with Gasteiger partial charge in [-0.05, 0) is 48.3 Å². The molecule has 1 heterocycles. The quantitative estimate of drug-likeness (QED) is 0.364. The molecular formula is C27H27OP. The SMILES string of the molecule is CC(C)C(=O)/C=C1/P(c2ccccc2)CCC1(c1ccccc1)c1ccccc1. The normalized spacial score (nSPS) is 19.6. The van der Waals surface area contributed by atoms with E-state index in [2.05, 4.69) is 91.0 Å². The van der Waals surface area contributed by atoms with Gasteiger partial charge < -0.3 is 0 Å². The largest absolute Gasteiger partial charge is 0.295 e.